The maximum Gasteiger partial charge on any atom is 0.272 e. The Morgan fingerprint density at radius 3 is 2.89 bits per heavy atom. The zero-order chi connectivity index (χ0) is 19.7. The largest absolute Gasteiger partial charge is 0.356 e. The summed E-state index contributed by atoms with van der Waals surface area (Å²) in [6.45, 7) is 2.50. The van der Waals surface area contributed by atoms with E-state index in [1.807, 2.05) is 13.0 Å². The van der Waals surface area contributed by atoms with Crippen LogP contribution in [0.3, 0.4) is 0 Å². The van der Waals surface area contributed by atoms with Crippen LogP contribution in [0.15, 0.2) is 42.5 Å². The molecule has 1 aromatic heterocycles. The lowest BCUT2D eigenvalue weighted by molar-refractivity contribution is -0.120. The van der Waals surface area contributed by atoms with Gasteiger partial charge in [-0.25, -0.2) is 0 Å². The monoisotopic (exact) mass is 393 g/mol. The number of amides is 1. The third-order valence-corrected chi connectivity index (χ3v) is 4.87. The molecule has 0 fully saturated rings. The van der Waals surface area contributed by atoms with Gasteiger partial charge in [-0.1, -0.05) is 30.7 Å². The Bertz CT molecular complexity index is 1080. The second-order valence-electron chi connectivity index (χ2n) is 6.42. The summed E-state index contributed by atoms with van der Waals surface area (Å²) in [4.78, 5) is 14.9. The number of halogens is 1. The van der Waals surface area contributed by atoms with E-state index in [1.165, 1.54) is 0 Å². The summed E-state index contributed by atoms with van der Waals surface area (Å²) >= 11 is 6.18. The minimum Gasteiger partial charge on any atom is -0.356 e. The summed E-state index contributed by atoms with van der Waals surface area (Å²) < 4.78 is 0. The molecule has 0 saturated carbocycles. The fraction of sp³-hybridized carbons (Fsp3) is 0.211. The van der Waals surface area contributed by atoms with Crippen LogP contribution in [-0.4, -0.2) is 33.1 Å². The van der Waals surface area contributed by atoms with E-state index >= 15 is 0 Å². The van der Waals surface area contributed by atoms with E-state index in [1.54, 1.807) is 41.3 Å². The number of H-pyrrole nitrogens is 1. The molecule has 1 aliphatic rings. The molecule has 2 heterocycles. The van der Waals surface area contributed by atoms with Crippen molar-refractivity contribution in [1.82, 2.24) is 20.6 Å². The molecule has 1 amide bonds. The van der Waals surface area contributed by atoms with Gasteiger partial charge in [0.2, 0.25) is 11.4 Å². The summed E-state index contributed by atoms with van der Waals surface area (Å²) in [5.74, 6) is 0.0996. The van der Waals surface area contributed by atoms with Crippen molar-refractivity contribution < 1.29 is 4.79 Å². The fourth-order valence-corrected chi connectivity index (χ4v) is 3.58. The molecule has 8 nitrogen and oxygen atoms in total. The minimum absolute atomic E-state index is 0.320. The van der Waals surface area contributed by atoms with Crippen molar-refractivity contribution in [3.05, 3.63) is 53.1 Å². The molecular formula is C19H16ClN7O. The zero-order valence-electron chi connectivity index (χ0n) is 15.0. The highest BCUT2D eigenvalue weighted by molar-refractivity contribution is 6.31. The molecule has 0 radical (unpaired) electrons. The predicted octanol–water partition coefficient (Wildman–Crippen LogP) is 3.11. The maximum atomic E-state index is 13.3. The molecule has 140 valence electrons. The van der Waals surface area contributed by atoms with E-state index in [0.29, 0.717) is 39.9 Å². The number of hydrogen-bond acceptors (Lipinski definition) is 6. The van der Waals surface area contributed by atoms with Gasteiger partial charge in [0.1, 0.15) is 6.07 Å². The number of tetrazole rings is 1. The van der Waals surface area contributed by atoms with Crippen LogP contribution >= 0.6 is 11.6 Å². The lowest BCUT2D eigenvalue weighted by Gasteiger charge is -2.24. The van der Waals surface area contributed by atoms with Gasteiger partial charge in [-0.3, -0.25) is 4.79 Å². The van der Waals surface area contributed by atoms with Gasteiger partial charge in [0.05, 0.1) is 5.69 Å². The number of hydrogen-bond donors (Lipinski definition) is 2. The van der Waals surface area contributed by atoms with E-state index in [4.69, 9.17) is 11.6 Å². The molecule has 9 heteroatoms. The first kappa shape index (κ1) is 17.9. The van der Waals surface area contributed by atoms with Crippen LogP contribution in [-0.2, 0) is 10.3 Å². The van der Waals surface area contributed by atoms with Gasteiger partial charge in [-0.2, -0.15) is 10.5 Å². The Morgan fingerprint density at radius 2 is 2.18 bits per heavy atom. The van der Waals surface area contributed by atoms with E-state index in [0.717, 1.165) is 6.42 Å². The smallest absolute Gasteiger partial charge is 0.272 e. The van der Waals surface area contributed by atoms with Crippen molar-refractivity contribution in [2.45, 2.75) is 18.9 Å². The van der Waals surface area contributed by atoms with Crippen LogP contribution in [0, 0.1) is 11.3 Å². The normalized spacial score (nSPS) is 18.0. The van der Waals surface area contributed by atoms with Gasteiger partial charge in [0, 0.05) is 28.4 Å². The van der Waals surface area contributed by atoms with Gasteiger partial charge in [-0.05, 0) is 42.0 Å². The quantitative estimate of drug-likeness (QED) is 0.689. The zero-order valence-corrected chi connectivity index (χ0v) is 15.7. The highest BCUT2D eigenvalue weighted by Crippen LogP contribution is 2.43. The van der Waals surface area contributed by atoms with Crippen LogP contribution in [0.25, 0.3) is 11.4 Å². The van der Waals surface area contributed by atoms with Crippen LogP contribution < -0.4 is 10.2 Å². The Kier molecular flexibility index (Phi) is 4.45. The molecule has 0 aliphatic carbocycles. The number of carbonyl (C=O) groups is 1. The minimum atomic E-state index is -1.56. The Hall–Kier alpha value is -3.44. The van der Waals surface area contributed by atoms with E-state index < -0.39 is 5.54 Å². The van der Waals surface area contributed by atoms with Crippen LogP contribution in [0.5, 0.6) is 0 Å². The highest BCUT2D eigenvalue weighted by atomic mass is 35.5. The van der Waals surface area contributed by atoms with Gasteiger partial charge >= 0.3 is 0 Å². The molecule has 0 unspecified atom stereocenters. The first-order chi connectivity index (χ1) is 13.6. The molecule has 2 N–H and O–H groups in total. The standard InChI is InChI=1S/C19H16ClN7O/c1-2-8-27-16-7-6-13(20)10-15(16)19(11-21,18(27)28)22-14-5-3-4-12(9-14)17-23-25-26-24-17/h3-7,9-10,22H,2,8H2,1H3,(H,23,24,25,26)/t19-/m1/s1. The molecule has 4 rings (SSSR count). The Labute approximate surface area is 166 Å². The number of benzene rings is 2. The third-order valence-electron chi connectivity index (χ3n) is 4.63. The molecule has 2 aromatic carbocycles. The van der Waals surface area contributed by atoms with Crippen molar-refractivity contribution in [1.29, 1.82) is 5.26 Å². The summed E-state index contributed by atoms with van der Waals surface area (Å²) in [5, 5.41) is 27.6. The van der Waals surface area contributed by atoms with Crippen molar-refractivity contribution in [3.63, 3.8) is 0 Å². The van der Waals surface area contributed by atoms with Crippen LogP contribution in [0.4, 0.5) is 11.4 Å². The average Bonchev–Trinajstić information content (AvgIpc) is 3.31. The average molecular weight is 394 g/mol. The SMILES string of the molecule is CCCN1C(=O)[C@](C#N)(Nc2cccc(-c3nn[nH]n3)c2)c2cc(Cl)ccc21. The number of aromatic amines is 1. The number of fused-ring (bicyclic) bond motifs is 1. The molecule has 28 heavy (non-hydrogen) atoms. The molecule has 1 atom stereocenters. The van der Waals surface area contributed by atoms with Crippen LogP contribution in [0.1, 0.15) is 18.9 Å². The van der Waals surface area contributed by atoms with Crippen molar-refractivity contribution in [2.75, 3.05) is 16.8 Å². The lowest BCUT2D eigenvalue weighted by atomic mass is 9.92. The Morgan fingerprint density at radius 1 is 1.32 bits per heavy atom. The predicted molar refractivity (Wildman–Crippen MR) is 105 cm³/mol. The molecule has 0 bridgehead atoms. The van der Waals surface area contributed by atoms with Crippen molar-refractivity contribution >= 4 is 28.9 Å². The first-order valence-electron chi connectivity index (χ1n) is 8.74. The molecule has 3 aromatic rings. The summed E-state index contributed by atoms with van der Waals surface area (Å²) in [6.07, 6.45) is 0.766. The number of aromatic nitrogens is 4. The topological polar surface area (TPSA) is 111 Å². The number of nitriles is 1. The number of rotatable bonds is 5. The number of anilines is 2. The van der Waals surface area contributed by atoms with Crippen molar-refractivity contribution in [3.8, 4) is 17.5 Å². The van der Waals surface area contributed by atoms with Gasteiger partial charge in [-0.15, -0.1) is 10.2 Å². The maximum absolute atomic E-state index is 13.3. The van der Waals surface area contributed by atoms with E-state index in [2.05, 4.69) is 32.0 Å². The summed E-state index contributed by atoms with van der Waals surface area (Å²) in [5.41, 5.74) is 0.965. The van der Waals surface area contributed by atoms with Gasteiger partial charge in [0.15, 0.2) is 0 Å². The van der Waals surface area contributed by atoms with E-state index in [-0.39, 0.29) is 5.91 Å². The fourth-order valence-electron chi connectivity index (χ4n) is 3.41. The number of carbonyl (C=O) groups excluding carboxylic acids is 1. The number of nitrogens with one attached hydrogen (secondary N) is 2. The van der Waals surface area contributed by atoms with Gasteiger partial charge < -0.3 is 10.2 Å². The highest BCUT2D eigenvalue weighted by Gasteiger charge is 2.52. The molecule has 0 spiro atoms. The summed E-state index contributed by atoms with van der Waals surface area (Å²) in [6, 6.07) is 14.5. The first-order valence-corrected chi connectivity index (χ1v) is 9.12. The second kappa shape index (κ2) is 6.94. The summed E-state index contributed by atoms with van der Waals surface area (Å²) in [7, 11) is 0. The molecular weight excluding hydrogens is 378 g/mol. The second-order valence-corrected chi connectivity index (χ2v) is 6.86. The van der Waals surface area contributed by atoms with Crippen molar-refractivity contribution in [2.24, 2.45) is 0 Å². The molecule has 1 aliphatic heterocycles. The van der Waals surface area contributed by atoms with E-state index in [9.17, 15) is 10.1 Å². The Balaban J connectivity index is 1.80. The van der Waals surface area contributed by atoms with Gasteiger partial charge in [0.25, 0.3) is 5.91 Å². The molecule has 0 saturated heterocycles. The third kappa shape index (κ3) is 2.77. The van der Waals surface area contributed by atoms with Crippen LogP contribution in [0.2, 0.25) is 5.02 Å². The lowest BCUT2D eigenvalue weighted by Crippen LogP contribution is -2.45. The number of nitrogens with zero attached hydrogens (tertiary/aromatic N) is 5.